The van der Waals surface area contributed by atoms with Crippen LogP contribution in [0.5, 0.6) is 23.0 Å². The quantitative estimate of drug-likeness (QED) is 0.704. The number of hydrogen-bond donors (Lipinski definition) is 2. The molecule has 0 bridgehead atoms. The van der Waals surface area contributed by atoms with E-state index >= 15 is 0 Å². The van der Waals surface area contributed by atoms with Gasteiger partial charge >= 0.3 is 0 Å². The maximum atomic E-state index is 12.9. The van der Waals surface area contributed by atoms with E-state index in [2.05, 4.69) is 0 Å². The number of phenols is 2. The number of benzene rings is 3. The summed E-state index contributed by atoms with van der Waals surface area (Å²) >= 11 is 0. The molecule has 0 aliphatic carbocycles. The smallest absolute Gasteiger partial charge is 0.193 e. The van der Waals surface area contributed by atoms with Gasteiger partial charge in [-0.2, -0.15) is 0 Å². The fourth-order valence-corrected chi connectivity index (χ4v) is 2.21. The first-order valence-corrected chi connectivity index (χ1v) is 7.12. The lowest BCUT2D eigenvalue weighted by atomic mass is 10.0. The molecule has 0 aliphatic heterocycles. The fourth-order valence-electron chi connectivity index (χ4n) is 2.21. The van der Waals surface area contributed by atoms with Crippen molar-refractivity contribution in [3.05, 3.63) is 83.7 Å². The summed E-state index contributed by atoms with van der Waals surface area (Å²) in [6, 6.07) is 15.6. The molecule has 4 nitrogen and oxygen atoms in total. The van der Waals surface area contributed by atoms with Gasteiger partial charge < -0.3 is 14.9 Å². The van der Waals surface area contributed by atoms with Gasteiger partial charge in [0.25, 0.3) is 0 Å². The second-order valence-corrected chi connectivity index (χ2v) is 5.15. The van der Waals surface area contributed by atoms with Gasteiger partial charge in [0.15, 0.2) is 5.78 Å². The van der Waals surface area contributed by atoms with E-state index in [4.69, 9.17) is 4.74 Å². The van der Waals surface area contributed by atoms with Gasteiger partial charge in [0, 0.05) is 29.3 Å². The Morgan fingerprint density at radius 3 is 1.79 bits per heavy atom. The number of ether oxygens (including phenoxy) is 1. The van der Waals surface area contributed by atoms with Crippen LogP contribution in [0.1, 0.15) is 15.9 Å². The van der Waals surface area contributed by atoms with Gasteiger partial charge in [0.05, 0.1) is 0 Å². The Morgan fingerprint density at radius 1 is 0.750 bits per heavy atom. The summed E-state index contributed by atoms with van der Waals surface area (Å²) in [5.41, 5.74) is 0.829. The van der Waals surface area contributed by atoms with Crippen molar-refractivity contribution in [2.24, 2.45) is 0 Å². The largest absolute Gasteiger partial charge is 0.508 e. The highest BCUT2D eigenvalue weighted by Gasteiger charge is 2.09. The van der Waals surface area contributed by atoms with Gasteiger partial charge in [-0.05, 0) is 48.5 Å². The van der Waals surface area contributed by atoms with Crippen LogP contribution in [0.4, 0.5) is 4.39 Å². The maximum Gasteiger partial charge on any atom is 0.193 e. The first-order valence-electron chi connectivity index (χ1n) is 7.12. The number of rotatable bonds is 4. The molecule has 3 aromatic carbocycles. The number of carbonyl (C=O) groups is 1. The number of halogens is 1. The van der Waals surface area contributed by atoms with Crippen LogP contribution in [0.3, 0.4) is 0 Å². The van der Waals surface area contributed by atoms with Crippen molar-refractivity contribution in [1.29, 1.82) is 0 Å². The van der Waals surface area contributed by atoms with Crippen LogP contribution >= 0.6 is 0 Å². The van der Waals surface area contributed by atoms with Crippen LogP contribution in [0, 0.1) is 5.82 Å². The summed E-state index contributed by atoms with van der Waals surface area (Å²) < 4.78 is 18.4. The van der Waals surface area contributed by atoms with Gasteiger partial charge in [-0.25, -0.2) is 4.39 Å². The molecule has 0 amide bonds. The van der Waals surface area contributed by atoms with Crippen LogP contribution in [-0.2, 0) is 0 Å². The average molecular weight is 324 g/mol. The SMILES string of the molecule is O=C(c1ccc(F)cc1)c1ccc(Oc2cc(O)cc(O)c2)cc1. The van der Waals surface area contributed by atoms with Gasteiger partial charge in [0.1, 0.15) is 28.8 Å². The molecule has 2 N–H and O–H groups in total. The van der Waals surface area contributed by atoms with Crippen molar-refractivity contribution < 1.29 is 24.1 Å². The van der Waals surface area contributed by atoms with Crippen LogP contribution < -0.4 is 4.74 Å². The molecule has 0 saturated carbocycles. The number of carbonyl (C=O) groups excluding carboxylic acids is 1. The third-order valence-electron chi connectivity index (χ3n) is 3.33. The molecule has 0 aliphatic rings. The standard InChI is InChI=1S/C19H13FO4/c20-14-5-1-12(2-6-14)19(23)13-3-7-17(8-4-13)24-18-10-15(21)9-16(22)11-18/h1-11,21-22H. The number of hydrogen-bond acceptors (Lipinski definition) is 4. The monoisotopic (exact) mass is 324 g/mol. The van der Waals surface area contributed by atoms with E-state index in [9.17, 15) is 19.4 Å². The van der Waals surface area contributed by atoms with E-state index in [0.29, 0.717) is 16.9 Å². The molecule has 0 heterocycles. The molecule has 0 fully saturated rings. The Labute approximate surface area is 137 Å². The minimum atomic E-state index is -0.398. The van der Waals surface area contributed by atoms with E-state index in [1.165, 1.54) is 42.5 Å². The normalized spacial score (nSPS) is 10.4. The molecule has 0 atom stereocenters. The summed E-state index contributed by atoms with van der Waals surface area (Å²) in [5, 5.41) is 18.8. The zero-order valence-corrected chi connectivity index (χ0v) is 12.4. The maximum absolute atomic E-state index is 12.9. The van der Waals surface area contributed by atoms with E-state index in [1.807, 2.05) is 0 Å². The Bertz CT molecular complexity index is 851. The summed E-state index contributed by atoms with van der Waals surface area (Å²) in [7, 11) is 0. The number of phenolic OH excluding ortho intramolecular Hbond substituents is 2. The second kappa shape index (κ2) is 6.42. The van der Waals surface area contributed by atoms with E-state index < -0.39 is 5.82 Å². The minimum Gasteiger partial charge on any atom is -0.508 e. The second-order valence-electron chi connectivity index (χ2n) is 5.15. The van der Waals surface area contributed by atoms with Gasteiger partial charge in [0.2, 0.25) is 0 Å². The topological polar surface area (TPSA) is 66.8 Å². The third-order valence-corrected chi connectivity index (χ3v) is 3.33. The molecular weight excluding hydrogens is 311 g/mol. The molecule has 3 aromatic rings. The summed E-state index contributed by atoms with van der Waals surface area (Å²) in [6.45, 7) is 0. The molecule has 0 radical (unpaired) electrons. The predicted molar refractivity (Wildman–Crippen MR) is 86.1 cm³/mol. The summed E-state index contributed by atoms with van der Waals surface area (Å²) in [6.07, 6.45) is 0. The van der Waals surface area contributed by atoms with Crippen molar-refractivity contribution in [2.75, 3.05) is 0 Å². The Hall–Kier alpha value is -3.34. The van der Waals surface area contributed by atoms with Crippen molar-refractivity contribution in [1.82, 2.24) is 0 Å². The van der Waals surface area contributed by atoms with Gasteiger partial charge in [-0.1, -0.05) is 0 Å². The zero-order valence-electron chi connectivity index (χ0n) is 12.4. The minimum absolute atomic E-state index is 0.117. The molecule has 3 rings (SSSR count). The van der Waals surface area contributed by atoms with Gasteiger partial charge in [-0.3, -0.25) is 4.79 Å². The Morgan fingerprint density at radius 2 is 1.25 bits per heavy atom. The Balaban J connectivity index is 1.77. The lowest BCUT2D eigenvalue weighted by Gasteiger charge is -2.08. The van der Waals surface area contributed by atoms with Crippen molar-refractivity contribution >= 4 is 5.78 Å². The summed E-state index contributed by atoms with van der Waals surface area (Å²) in [4.78, 5) is 12.3. The van der Waals surface area contributed by atoms with E-state index in [-0.39, 0.29) is 23.0 Å². The van der Waals surface area contributed by atoms with Crippen LogP contribution in [0.15, 0.2) is 66.7 Å². The third kappa shape index (κ3) is 3.52. The molecule has 120 valence electrons. The van der Waals surface area contributed by atoms with Crippen molar-refractivity contribution in [3.63, 3.8) is 0 Å². The molecule has 0 aromatic heterocycles. The average Bonchev–Trinajstić information content (AvgIpc) is 2.55. The van der Waals surface area contributed by atoms with Crippen LogP contribution in [-0.4, -0.2) is 16.0 Å². The highest BCUT2D eigenvalue weighted by molar-refractivity contribution is 6.09. The molecule has 24 heavy (non-hydrogen) atoms. The molecular formula is C19H13FO4. The van der Waals surface area contributed by atoms with E-state index in [1.54, 1.807) is 24.3 Å². The Kier molecular flexibility index (Phi) is 4.16. The molecule has 5 heteroatoms. The fraction of sp³-hybridized carbons (Fsp3) is 0. The van der Waals surface area contributed by atoms with E-state index in [0.717, 1.165) is 0 Å². The number of ketones is 1. The highest BCUT2D eigenvalue weighted by Crippen LogP contribution is 2.29. The summed E-state index contributed by atoms with van der Waals surface area (Å²) in [5.74, 6) is -0.150. The van der Waals surface area contributed by atoms with Crippen LogP contribution in [0.25, 0.3) is 0 Å². The zero-order chi connectivity index (χ0) is 17.1. The first kappa shape index (κ1) is 15.6. The number of aromatic hydroxyl groups is 2. The lowest BCUT2D eigenvalue weighted by molar-refractivity contribution is 0.103. The van der Waals surface area contributed by atoms with Crippen molar-refractivity contribution in [3.8, 4) is 23.0 Å². The highest BCUT2D eigenvalue weighted by atomic mass is 19.1. The molecule has 0 saturated heterocycles. The van der Waals surface area contributed by atoms with Crippen LogP contribution in [0.2, 0.25) is 0 Å². The van der Waals surface area contributed by atoms with Gasteiger partial charge in [-0.15, -0.1) is 0 Å². The molecule has 0 unspecified atom stereocenters. The molecule has 0 spiro atoms. The lowest BCUT2D eigenvalue weighted by Crippen LogP contribution is -2.01. The predicted octanol–water partition coefficient (Wildman–Crippen LogP) is 4.26. The first-order chi connectivity index (χ1) is 11.5. The van der Waals surface area contributed by atoms with Crippen molar-refractivity contribution in [2.45, 2.75) is 0 Å².